The van der Waals surface area contributed by atoms with Crippen molar-refractivity contribution in [3.63, 3.8) is 0 Å². The van der Waals surface area contributed by atoms with Gasteiger partial charge in [0.2, 0.25) is 5.82 Å². The molecule has 1 aromatic heterocycles. The van der Waals surface area contributed by atoms with Crippen molar-refractivity contribution in [2.75, 3.05) is 13.2 Å². The Morgan fingerprint density at radius 2 is 1.86 bits per heavy atom. The zero-order valence-electron chi connectivity index (χ0n) is 26.4. The Kier molecular flexibility index (Phi) is 10.6. The molecule has 11 nitrogen and oxygen atoms in total. The van der Waals surface area contributed by atoms with Crippen LogP contribution in [-0.4, -0.2) is 72.8 Å². The fraction of sp³-hybridized carbons (Fsp3) is 0.345. The van der Waals surface area contributed by atoms with Crippen molar-refractivity contribution in [1.29, 1.82) is 0 Å². The van der Waals surface area contributed by atoms with Crippen molar-refractivity contribution in [3.05, 3.63) is 76.8 Å². The van der Waals surface area contributed by atoms with E-state index >= 15 is 0 Å². The number of fused-ring (bicyclic) bond motifs is 1. The predicted molar refractivity (Wildman–Crippen MR) is 148 cm³/mol. The van der Waals surface area contributed by atoms with Gasteiger partial charge in [0.05, 0.1) is 31.1 Å². The van der Waals surface area contributed by atoms with Crippen LogP contribution in [0.5, 0.6) is 0 Å². The first-order valence-electron chi connectivity index (χ1n) is 13.6. The SMILES string of the molecule is CCCC1NC2=C(CN3C(=O)C(C(=O)OCC)=C(O)C3C2)N1Cc1ccc(-c2ccccc2-c2nn[nH]n2)cc1.[H-].[H-].[Na+].[Na+]. The number of hydrogen-bond donors (Lipinski definition) is 3. The van der Waals surface area contributed by atoms with E-state index in [0.717, 1.165) is 46.5 Å². The summed E-state index contributed by atoms with van der Waals surface area (Å²) in [7, 11) is 0. The van der Waals surface area contributed by atoms with Crippen molar-refractivity contribution in [2.24, 2.45) is 0 Å². The predicted octanol–water partition coefficient (Wildman–Crippen LogP) is -2.50. The summed E-state index contributed by atoms with van der Waals surface area (Å²) in [5.74, 6) is -0.896. The monoisotopic (exact) mass is 589 g/mol. The first-order valence-corrected chi connectivity index (χ1v) is 13.6. The van der Waals surface area contributed by atoms with E-state index in [1.807, 2.05) is 24.3 Å². The molecule has 13 heteroatoms. The minimum Gasteiger partial charge on any atom is -1.00 e. The second-order valence-corrected chi connectivity index (χ2v) is 10.1. The molecule has 3 aromatic rings. The molecule has 0 radical (unpaired) electrons. The number of aromatic nitrogens is 4. The fourth-order valence-electron chi connectivity index (χ4n) is 5.83. The number of carbonyl (C=O) groups is 2. The number of carbonyl (C=O) groups excluding carboxylic acids is 2. The number of aliphatic hydroxyl groups is 1. The Balaban J connectivity index is 0.00000169. The molecule has 3 N–H and O–H groups in total. The third-order valence-electron chi connectivity index (χ3n) is 7.73. The van der Waals surface area contributed by atoms with Crippen LogP contribution in [0.2, 0.25) is 0 Å². The summed E-state index contributed by atoms with van der Waals surface area (Å²) in [5, 5.41) is 28.9. The molecule has 0 aliphatic carbocycles. The molecule has 0 bridgehead atoms. The minimum atomic E-state index is -0.769. The molecule has 3 aliphatic heterocycles. The van der Waals surface area contributed by atoms with Crippen LogP contribution < -0.4 is 64.4 Å². The van der Waals surface area contributed by atoms with Gasteiger partial charge < -0.3 is 27.8 Å². The summed E-state index contributed by atoms with van der Waals surface area (Å²) in [6, 6.07) is 15.8. The van der Waals surface area contributed by atoms with Gasteiger partial charge in [-0.25, -0.2) is 4.79 Å². The first-order chi connectivity index (χ1) is 19.5. The smallest absolute Gasteiger partial charge is 1.00 e. The van der Waals surface area contributed by atoms with Crippen LogP contribution in [0.15, 0.2) is 71.3 Å². The van der Waals surface area contributed by atoms with Gasteiger partial charge in [-0.3, -0.25) is 4.79 Å². The molecular formula is C29H33N7Na2O4. The normalized spacial score (nSPS) is 19.1. The molecular weight excluding hydrogens is 556 g/mol. The Hall–Kier alpha value is -2.67. The van der Waals surface area contributed by atoms with Gasteiger partial charge in [0, 0.05) is 24.2 Å². The van der Waals surface area contributed by atoms with Crippen LogP contribution in [0.3, 0.4) is 0 Å². The molecule has 0 saturated heterocycles. The average molecular weight is 590 g/mol. The van der Waals surface area contributed by atoms with Gasteiger partial charge >= 0.3 is 65.1 Å². The Bertz CT molecular complexity index is 1520. The Labute approximate surface area is 291 Å². The van der Waals surface area contributed by atoms with Gasteiger partial charge in [-0.2, -0.15) is 5.21 Å². The van der Waals surface area contributed by atoms with Crippen LogP contribution in [-0.2, 0) is 20.9 Å². The molecule has 0 fully saturated rings. The number of rotatable bonds is 8. The van der Waals surface area contributed by atoms with Gasteiger partial charge in [0.15, 0.2) is 5.57 Å². The van der Waals surface area contributed by atoms with E-state index in [0.29, 0.717) is 25.3 Å². The van der Waals surface area contributed by atoms with E-state index in [1.54, 1.807) is 11.8 Å². The molecule has 3 aliphatic rings. The van der Waals surface area contributed by atoms with E-state index in [9.17, 15) is 14.7 Å². The Morgan fingerprint density at radius 1 is 1.12 bits per heavy atom. The number of amides is 1. The zero-order valence-corrected chi connectivity index (χ0v) is 28.4. The van der Waals surface area contributed by atoms with Crippen LogP contribution in [0.1, 0.15) is 41.5 Å². The third-order valence-corrected chi connectivity index (χ3v) is 7.73. The number of H-pyrrole nitrogens is 1. The molecule has 42 heavy (non-hydrogen) atoms. The standard InChI is InChI=1S/C29H31N7O4.2Na.2H/c1-3-7-24-30-21-14-22-26(37)25(29(39)40-4-2)28(38)36(22)16-23(21)35(24)15-17-10-12-18(13-11-17)19-8-5-6-9-20(19)27-31-33-34-32-27;;;;/h5-6,8-13,22,24,30,37H,3-4,7,14-16H2,1-2H3,(H,31,32,33,34);;;;/q;2*+1;2*-1. The number of nitrogens with zero attached hydrogens (tertiary/aromatic N) is 5. The van der Waals surface area contributed by atoms with Crippen molar-refractivity contribution in [2.45, 2.75) is 51.9 Å². The van der Waals surface area contributed by atoms with Crippen molar-refractivity contribution >= 4 is 11.9 Å². The summed E-state index contributed by atoms with van der Waals surface area (Å²) in [6.45, 7) is 4.93. The van der Waals surface area contributed by atoms with Gasteiger partial charge in [-0.05, 0) is 35.2 Å². The van der Waals surface area contributed by atoms with Gasteiger partial charge in [0.1, 0.15) is 5.76 Å². The van der Waals surface area contributed by atoms with E-state index in [1.165, 1.54) is 0 Å². The maximum Gasteiger partial charge on any atom is 1.00 e. The minimum absolute atomic E-state index is 0. The number of benzene rings is 2. The molecule has 2 atom stereocenters. The zero-order chi connectivity index (χ0) is 27.8. The molecule has 0 spiro atoms. The maximum absolute atomic E-state index is 13.1. The summed E-state index contributed by atoms with van der Waals surface area (Å²) in [6.07, 6.45) is 2.43. The summed E-state index contributed by atoms with van der Waals surface area (Å²) in [4.78, 5) is 29.4. The third kappa shape index (κ3) is 5.91. The summed E-state index contributed by atoms with van der Waals surface area (Å²) >= 11 is 0. The quantitative estimate of drug-likeness (QED) is 0.148. The number of aromatic amines is 1. The number of esters is 1. The van der Waals surface area contributed by atoms with Crippen LogP contribution in [0.4, 0.5) is 0 Å². The second kappa shape index (κ2) is 13.7. The van der Waals surface area contributed by atoms with Crippen LogP contribution >= 0.6 is 0 Å². The number of aliphatic hydroxyl groups excluding tert-OH is 1. The number of tetrazole rings is 1. The maximum atomic E-state index is 13.1. The Morgan fingerprint density at radius 3 is 2.52 bits per heavy atom. The van der Waals surface area contributed by atoms with Crippen molar-refractivity contribution < 1.29 is 81.4 Å². The molecule has 1 amide bonds. The van der Waals surface area contributed by atoms with Crippen LogP contribution in [0.25, 0.3) is 22.5 Å². The van der Waals surface area contributed by atoms with Crippen molar-refractivity contribution in [1.82, 2.24) is 35.7 Å². The number of nitrogens with one attached hydrogen (secondary N) is 2. The largest absolute Gasteiger partial charge is 1.00 e. The summed E-state index contributed by atoms with van der Waals surface area (Å²) in [5.41, 5.74) is 5.87. The van der Waals surface area contributed by atoms with E-state index in [2.05, 4.69) is 62.0 Å². The van der Waals surface area contributed by atoms with E-state index in [4.69, 9.17) is 4.74 Å². The number of ether oxygens (including phenoxy) is 1. The fourth-order valence-corrected chi connectivity index (χ4v) is 5.83. The molecule has 0 saturated carbocycles. The second-order valence-electron chi connectivity index (χ2n) is 10.1. The molecule has 210 valence electrons. The molecule has 2 unspecified atom stereocenters. The van der Waals surface area contributed by atoms with Gasteiger partial charge in [-0.15, -0.1) is 10.2 Å². The molecule has 4 heterocycles. The number of hydrogen-bond acceptors (Lipinski definition) is 9. The summed E-state index contributed by atoms with van der Waals surface area (Å²) < 4.78 is 5.03. The van der Waals surface area contributed by atoms with Gasteiger partial charge in [-0.1, -0.05) is 61.9 Å². The molecule has 2 aromatic carbocycles. The molecule has 6 rings (SSSR count). The van der Waals surface area contributed by atoms with Crippen molar-refractivity contribution in [3.8, 4) is 22.5 Å². The van der Waals surface area contributed by atoms with E-state index < -0.39 is 17.9 Å². The first kappa shape index (κ1) is 32.2. The topological polar surface area (TPSA) is 137 Å². The van der Waals surface area contributed by atoms with Gasteiger partial charge in [0.25, 0.3) is 5.91 Å². The van der Waals surface area contributed by atoms with Crippen LogP contribution in [0, 0.1) is 0 Å². The average Bonchev–Trinajstić information content (AvgIpc) is 3.67. The van der Waals surface area contributed by atoms with E-state index in [-0.39, 0.29) is 86.1 Å².